The van der Waals surface area contributed by atoms with Crippen LogP contribution >= 0.6 is 0 Å². The Kier molecular flexibility index (Phi) is 7.46. The normalized spacial score (nSPS) is 23.2. The van der Waals surface area contributed by atoms with Crippen molar-refractivity contribution in [2.24, 2.45) is 5.11 Å². The third-order valence-electron chi connectivity index (χ3n) is 5.17. The van der Waals surface area contributed by atoms with E-state index < -0.39 is 35.6 Å². The molecular formula is C19H24N6O7. The van der Waals surface area contributed by atoms with Gasteiger partial charge >= 0.3 is 11.7 Å². The molecule has 0 aromatic carbocycles. The lowest BCUT2D eigenvalue weighted by Crippen LogP contribution is -2.41. The van der Waals surface area contributed by atoms with E-state index in [1.165, 1.54) is 30.7 Å². The Bertz CT molecular complexity index is 1060. The van der Waals surface area contributed by atoms with Crippen LogP contribution in [0.2, 0.25) is 0 Å². The first kappa shape index (κ1) is 23.3. The molecule has 2 aliphatic rings. The molecule has 0 bridgehead atoms. The van der Waals surface area contributed by atoms with Crippen molar-refractivity contribution in [3.05, 3.63) is 49.1 Å². The van der Waals surface area contributed by atoms with E-state index in [0.29, 0.717) is 26.3 Å². The molecule has 0 radical (unpaired) electrons. The number of morpholine rings is 1. The van der Waals surface area contributed by atoms with Crippen LogP contribution in [0.15, 0.2) is 27.0 Å². The standard InChI is InChI=1S/C19H24N6O7/c1-12-10-25(17-9-14(21-22-20)15(32-17)11-31-13(2)26)19(29)24(18(12)28)4-3-16(27)23-5-7-30-8-6-23/h3-4,10,14-15,17H,5-9,11H2,1-2H3/b4-3+/t14-,15+,17+/m0/s1. The van der Waals surface area contributed by atoms with E-state index in [4.69, 9.17) is 19.7 Å². The number of aryl methyl sites for hydroxylation is 1. The summed E-state index contributed by atoms with van der Waals surface area (Å²) in [5, 5.41) is 3.67. The van der Waals surface area contributed by atoms with Gasteiger partial charge in [0.05, 0.1) is 19.3 Å². The second kappa shape index (κ2) is 10.3. The van der Waals surface area contributed by atoms with Gasteiger partial charge in [0.1, 0.15) is 18.9 Å². The minimum Gasteiger partial charge on any atom is -0.463 e. The fraction of sp³-hybridized carbons (Fsp3) is 0.579. The Morgan fingerprint density at radius 2 is 2.06 bits per heavy atom. The zero-order valence-corrected chi connectivity index (χ0v) is 17.7. The van der Waals surface area contributed by atoms with Gasteiger partial charge in [-0.3, -0.25) is 19.0 Å². The van der Waals surface area contributed by atoms with Gasteiger partial charge in [-0.05, 0) is 12.5 Å². The number of carbonyl (C=O) groups excluding carboxylic acids is 2. The lowest BCUT2D eigenvalue weighted by atomic mass is 10.1. The van der Waals surface area contributed by atoms with Crippen molar-refractivity contribution in [1.82, 2.24) is 14.0 Å². The van der Waals surface area contributed by atoms with Crippen LogP contribution in [0, 0.1) is 6.92 Å². The van der Waals surface area contributed by atoms with E-state index in [0.717, 1.165) is 10.8 Å². The number of esters is 1. The SMILES string of the molecule is CC(=O)OC[C@H]1O[C@@H](n2cc(C)c(=O)n(/C=C/C(=O)N3CCOCC3)c2=O)C[C@@H]1N=[N+]=[N-]. The third kappa shape index (κ3) is 5.25. The number of hydrogen-bond acceptors (Lipinski definition) is 8. The molecule has 1 aromatic rings. The molecule has 0 N–H and O–H groups in total. The largest absolute Gasteiger partial charge is 0.463 e. The molecule has 3 rings (SSSR count). The Labute approximate surface area is 182 Å². The van der Waals surface area contributed by atoms with Crippen molar-refractivity contribution in [2.75, 3.05) is 32.9 Å². The summed E-state index contributed by atoms with van der Waals surface area (Å²) >= 11 is 0. The zero-order valence-electron chi connectivity index (χ0n) is 17.7. The Hall–Kier alpha value is -3.41. The van der Waals surface area contributed by atoms with E-state index >= 15 is 0 Å². The zero-order chi connectivity index (χ0) is 23.3. The molecule has 13 heteroatoms. The predicted octanol–water partition coefficient (Wildman–Crippen LogP) is 0.177. The van der Waals surface area contributed by atoms with E-state index in [2.05, 4.69) is 10.0 Å². The predicted molar refractivity (Wildman–Crippen MR) is 111 cm³/mol. The molecule has 2 fully saturated rings. The van der Waals surface area contributed by atoms with E-state index in [-0.39, 0.29) is 24.5 Å². The summed E-state index contributed by atoms with van der Waals surface area (Å²) in [6.07, 6.45) is 2.20. The molecule has 1 amide bonds. The highest BCUT2D eigenvalue weighted by atomic mass is 16.6. The van der Waals surface area contributed by atoms with Crippen LogP contribution in [-0.2, 0) is 23.8 Å². The van der Waals surface area contributed by atoms with Crippen LogP contribution in [-0.4, -0.2) is 71.0 Å². The van der Waals surface area contributed by atoms with Crippen molar-refractivity contribution in [2.45, 2.75) is 38.6 Å². The van der Waals surface area contributed by atoms with E-state index in [1.54, 1.807) is 4.90 Å². The highest BCUT2D eigenvalue weighted by Gasteiger charge is 2.37. The number of amides is 1. The molecule has 0 aliphatic carbocycles. The fourth-order valence-electron chi connectivity index (χ4n) is 3.51. The van der Waals surface area contributed by atoms with Crippen molar-refractivity contribution in [3.8, 4) is 0 Å². The minimum absolute atomic E-state index is 0.142. The monoisotopic (exact) mass is 448 g/mol. The first-order chi connectivity index (χ1) is 15.3. The van der Waals surface area contributed by atoms with Crippen molar-refractivity contribution >= 4 is 18.1 Å². The lowest BCUT2D eigenvalue weighted by Gasteiger charge is -2.25. The van der Waals surface area contributed by atoms with Crippen LogP contribution in [0.4, 0.5) is 0 Å². The van der Waals surface area contributed by atoms with Gasteiger partial charge < -0.3 is 19.1 Å². The molecule has 0 unspecified atom stereocenters. The summed E-state index contributed by atoms with van der Waals surface area (Å²) in [6, 6.07) is -0.671. The van der Waals surface area contributed by atoms with E-state index in [1.807, 2.05) is 0 Å². The molecular weight excluding hydrogens is 424 g/mol. The van der Waals surface area contributed by atoms with Gasteiger partial charge in [0.15, 0.2) is 0 Å². The molecule has 0 spiro atoms. The fourth-order valence-corrected chi connectivity index (χ4v) is 3.51. The van der Waals surface area contributed by atoms with Crippen LogP contribution < -0.4 is 11.2 Å². The van der Waals surface area contributed by atoms with Gasteiger partial charge in [0, 0.05) is 55.4 Å². The molecule has 172 valence electrons. The van der Waals surface area contributed by atoms with Gasteiger partial charge in [-0.25, -0.2) is 9.36 Å². The first-order valence-corrected chi connectivity index (χ1v) is 10.0. The van der Waals surface area contributed by atoms with Gasteiger partial charge in [-0.1, -0.05) is 5.11 Å². The summed E-state index contributed by atoms with van der Waals surface area (Å²) in [5.41, 5.74) is 7.78. The molecule has 1 aromatic heterocycles. The maximum absolute atomic E-state index is 13.0. The average molecular weight is 448 g/mol. The van der Waals surface area contributed by atoms with Crippen LogP contribution in [0.1, 0.15) is 25.1 Å². The number of hydrogen-bond donors (Lipinski definition) is 0. The average Bonchev–Trinajstić information content (AvgIpc) is 3.18. The Balaban J connectivity index is 1.87. The van der Waals surface area contributed by atoms with Gasteiger partial charge in [-0.15, -0.1) is 0 Å². The number of rotatable bonds is 6. The quantitative estimate of drug-likeness (QED) is 0.197. The first-order valence-electron chi connectivity index (χ1n) is 10.0. The van der Waals surface area contributed by atoms with Gasteiger partial charge in [-0.2, -0.15) is 0 Å². The summed E-state index contributed by atoms with van der Waals surface area (Å²) in [6.45, 7) is 4.34. The third-order valence-corrected chi connectivity index (χ3v) is 5.17. The molecule has 3 heterocycles. The molecule has 3 atom stereocenters. The molecule has 2 aliphatic heterocycles. The smallest absolute Gasteiger partial charge is 0.337 e. The number of aromatic nitrogens is 2. The minimum atomic E-state index is -0.854. The second-order valence-electron chi connectivity index (χ2n) is 7.37. The number of azide groups is 1. The van der Waals surface area contributed by atoms with Crippen LogP contribution in [0.3, 0.4) is 0 Å². The van der Waals surface area contributed by atoms with Crippen molar-refractivity contribution in [1.29, 1.82) is 0 Å². The second-order valence-corrected chi connectivity index (χ2v) is 7.37. The maximum atomic E-state index is 13.0. The molecule has 0 saturated carbocycles. The Morgan fingerprint density at radius 3 is 2.72 bits per heavy atom. The van der Waals surface area contributed by atoms with Gasteiger partial charge in [0.2, 0.25) is 5.91 Å². The summed E-state index contributed by atoms with van der Waals surface area (Å²) in [7, 11) is 0. The highest BCUT2D eigenvalue weighted by Crippen LogP contribution is 2.30. The topological polar surface area (TPSA) is 158 Å². The molecule has 13 nitrogen and oxygen atoms in total. The molecule has 32 heavy (non-hydrogen) atoms. The van der Waals surface area contributed by atoms with Crippen molar-refractivity contribution < 1.29 is 23.8 Å². The Morgan fingerprint density at radius 1 is 1.34 bits per heavy atom. The summed E-state index contributed by atoms with van der Waals surface area (Å²) in [4.78, 5) is 53.4. The summed E-state index contributed by atoms with van der Waals surface area (Å²) in [5.74, 6) is -0.858. The van der Waals surface area contributed by atoms with Crippen LogP contribution in [0.5, 0.6) is 0 Å². The van der Waals surface area contributed by atoms with E-state index in [9.17, 15) is 19.2 Å². The maximum Gasteiger partial charge on any atom is 0.337 e. The number of nitrogens with zero attached hydrogens (tertiary/aromatic N) is 6. The van der Waals surface area contributed by atoms with Crippen molar-refractivity contribution in [3.63, 3.8) is 0 Å². The number of ether oxygens (including phenoxy) is 3. The van der Waals surface area contributed by atoms with Crippen LogP contribution in [0.25, 0.3) is 16.6 Å². The van der Waals surface area contributed by atoms with Gasteiger partial charge in [0.25, 0.3) is 5.56 Å². The lowest BCUT2D eigenvalue weighted by molar-refractivity contribution is -0.146. The molecule has 2 saturated heterocycles. The number of carbonyl (C=O) groups is 2. The highest BCUT2D eigenvalue weighted by molar-refractivity contribution is 5.90. The summed E-state index contributed by atoms with van der Waals surface area (Å²) < 4.78 is 18.0.